The molecule has 2 amide bonds. The van der Waals surface area contributed by atoms with Gasteiger partial charge in [-0.1, -0.05) is 12.1 Å². The number of aliphatic hydroxyl groups excluding tert-OH is 1. The van der Waals surface area contributed by atoms with E-state index in [9.17, 15) is 14.3 Å². The number of methoxy groups -OCH3 is 1. The van der Waals surface area contributed by atoms with Crippen molar-refractivity contribution in [3.05, 3.63) is 65.7 Å². The van der Waals surface area contributed by atoms with Gasteiger partial charge in [0.25, 0.3) is 0 Å². The van der Waals surface area contributed by atoms with Crippen molar-refractivity contribution in [1.82, 2.24) is 15.5 Å². The Hall–Kier alpha value is -3.39. The van der Waals surface area contributed by atoms with Gasteiger partial charge in [0.15, 0.2) is 0 Å². The third-order valence-corrected chi connectivity index (χ3v) is 5.09. The standard InChI is InChI=1S/C21H21FN4O3/c1-29-16-4-2-3-13(7-16)19(12-27)25-21(28)26-6-5-14-8-17(15-10-23-24-11-15)18(22)9-20(14)26/h2-4,7-11,19,27H,5-6,12H2,1H3,(H,23,24)(H,25,28)/t19-/m1/s1. The molecule has 0 fully saturated rings. The average Bonchev–Trinajstić information content (AvgIpc) is 3.41. The molecule has 2 heterocycles. The SMILES string of the molecule is COc1cccc([C@@H](CO)NC(=O)N2CCc3cc(-c4cn[nH]c4)c(F)cc32)c1. The third-order valence-electron chi connectivity index (χ3n) is 5.09. The number of carbonyl (C=O) groups excluding carboxylic acids is 1. The number of hydrogen-bond acceptors (Lipinski definition) is 4. The Kier molecular flexibility index (Phi) is 5.18. The van der Waals surface area contributed by atoms with E-state index in [0.717, 1.165) is 11.1 Å². The molecule has 0 bridgehead atoms. The lowest BCUT2D eigenvalue weighted by Gasteiger charge is -2.23. The van der Waals surface area contributed by atoms with E-state index in [4.69, 9.17) is 4.74 Å². The number of benzene rings is 2. The molecule has 0 unspecified atom stereocenters. The van der Waals surface area contributed by atoms with Crippen LogP contribution in [-0.2, 0) is 6.42 Å². The number of ether oxygens (including phenoxy) is 1. The van der Waals surface area contributed by atoms with Crippen LogP contribution in [0.5, 0.6) is 5.75 Å². The van der Waals surface area contributed by atoms with E-state index in [-0.39, 0.29) is 12.6 Å². The molecule has 4 rings (SSSR count). The predicted molar refractivity (Wildman–Crippen MR) is 106 cm³/mol. The van der Waals surface area contributed by atoms with Crippen molar-refractivity contribution >= 4 is 11.7 Å². The lowest BCUT2D eigenvalue weighted by atomic mass is 10.0. The average molecular weight is 396 g/mol. The van der Waals surface area contributed by atoms with Crippen LogP contribution >= 0.6 is 0 Å². The van der Waals surface area contributed by atoms with Crippen molar-refractivity contribution in [2.75, 3.05) is 25.2 Å². The van der Waals surface area contributed by atoms with Crippen LogP contribution in [0.3, 0.4) is 0 Å². The fourth-order valence-corrected chi connectivity index (χ4v) is 3.56. The summed E-state index contributed by atoms with van der Waals surface area (Å²) in [4.78, 5) is 14.4. The molecule has 1 aliphatic rings. The van der Waals surface area contributed by atoms with Crippen LogP contribution in [0.1, 0.15) is 17.2 Å². The number of fused-ring (bicyclic) bond motifs is 1. The Morgan fingerprint density at radius 1 is 1.41 bits per heavy atom. The zero-order chi connectivity index (χ0) is 20.4. The first-order valence-corrected chi connectivity index (χ1v) is 9.25. The summed E-state index contributed by atoms with van der Waals surface area (Å²) in [7, 11) is 1.55. The molecule has 0 saturated heterocycles. The number of amides is 2. The quantitative estimate of drug-likeness (QED) is 0.618. The molecule has 150 valence electrons. The second-order valence-electron chi connectivity index (χ2n) is 6.81. The molecule has 7 nitrogen and oxygen atoms in total. The molecular weight excluding hydrogens is 375 g/mol. The summed E-state index contributed by atoms with van der Waals surface area (Å²) >= 11 is 0. The zero-order valence-corrected chi connectivity index (χ0v) is 15.9. The number of hydrogen-bond donors (Lipinski definition) is 3. The van der Waals surface area contributed by atoms with Gasteiger partial charge in [-0.2, -0.15) is 5.10 Å². The van der Waals surface area contributed by atoms with Crippen molar-refractivity contribution in [3.8, 4) is 16.9 Å². The van der Waals surface area contributed by atoms with Crippen molar-refractivity contribution < 1.29 is 19.0 Å². The Bertz CT molecular complexity index is 1020. The second-order valence-corrected chi connectivity index (χ2v) is 6.81. The van der Waals surface area contributed by atoms with Gasteiger partial charge in [-0.05, 0) is 41.8 Å². The van der Waals surface area contributed by atoms with E-state index in [2.05, 4.69) is 15.5 Å². The normalized spacial score (nSPS) is 13.8. The molecule has 0 aliphatic carbocycles. The minimum absolute atomic E-state index is 0.270. The van der Waals surface area contributed by atoms with E-state index in [1.54, 1.807) is 49.8 Å². The van der Waals surface area contributed by atoms with Crippen LogP contribution in [0.2, 0.25) is 0 Å². The molecule has 29 heavy (non-hydrogen) atoms. The maximum absolute atomic E-state index is 14.7. The van der Waals surface area contributed by atoms with Crippen LogP contribution in [0.25, 0.3) is 11.1 Å². The molecule has 8 heteroatoms. The van der Waals surface area contributed by atoms with Gasteiger partial charge in [-0.15, -0.1) is 0 Å². The van der Waals surface area contributed by atoms with Gasteiger partial charge in [0.05, 0.1) is 31.6 Å². The molecule has 1 aliphatic heterocycles. The van der Waals surface area contributed by atoms with Crippen LogP contribution < -0.4 is 15.0 Å². The number of rotatable bonds is 5. The Morgan fingerprint density at radius 3 is 3.00 bits per heavy atom. The zero-order valence-electron chi connectivity index (χ0n) is 15.9. The minimum atomic E-state index is -0.600. The van der Waals surface area contributed by atoms with Crippen LogP contribution in [0, 0.1) is 5.82 Å². The van der Waals surface area contributed by atoms with Gasteiger partial charge < -0.3 is 15.2 Å². The summed E-state index contributed by atoms with van der Waals surface area (Å²) in [5.74, 6) is 0.215. The highest BCUT2D eigenvalue weighted by Crippen LogP contribution is 2.34. The molecule has 2 aromatic carbocycles. The van der Waals surface area contributed by atoms with Crippen LogP contribution in [0.4, 0.5) is 14.9 Å². The van der Waals surface area contributed by atoms with E-state index in [0.29, 0.717) is 35.5 Å². The predicted octanol–water partition coefficient (Wildman–Crippen LogP) is 3.03. The highest BCUT2D eigenvalue weighted by atomic mass is 19.1. The number of aromatic nitrogens is 2. The van der Waals surface area contributed by atoms with Gasteiger partial charge in [0.2, 0.25) is 0 Å². The monoisotopic (exact) mass is 396 g/mol. The fourth-order valence-electron chi connectivity index (χ4n) is 3.56. The Balaban J connectivity index is 1.56. The Morgan fingerprint density at radius 2 is 2.28 bits per heavy atom. The highest BCUT2D eigenvalue weighted by molar-refractivity contribution is 5.95. The lowest BCUT2D eigenvalue weighted by Crippen LogP contribution is -2.42. The van der Waals surface area contributed by atoms with E-state index >= 15 is 0 Å². The van der Waals surface area contributed by atoms with E-state index < -0.39 is 11.9 Å². The number of aromatic amines is 1. The molecule has 1 atom stereocenters. The third kappa shape index (κ3) is 3.66. The summed E-state index contributed by atoms with van der Waals surface area (Å²) < 4.78 is 19.9. The summed E-state index contributed by atoms with van der Waals surface area (Å²) in [6, 6.07) is 9.29. The maximum atomic E-state index is 14.7. The number of nitrogens with zero attached hydrogens (tertiary/aromatic N) is 2. The van der Waals surface area contributed by atoms with Crippen molar-refractivity contribution in [3.63, 3.8) is 0 Å². The van der Waals surface area contributed by atoms with Crippen molar-refractivity contribution in [2.45, 2.75) is 12.5 Å². The smallest absolute Gasteiger partial charge is 0.322 e. The van der Waals surface area contributed by atoms with Gasteiger partial charge in [0, 0.05) is 23.9 Å². The van der Waals surface area contributed by atoms with Gasteiger partial charge >= 0.3 is 6.03 Å². The van der Waals surface area contributed by atoms with Crippen LogP contribution in [0.15, 0.2) is 48.8 Å². The first kappa shape index (κ1) is 18.9. The van der Waals surface area contributed by atoms with Gasteiger partial charge in [-0.25, -0.2) is 9.18 Å². The highest BCUT2D eigenvalue weighted by Gasteiger charge is 2.28. The largest absolute Gasteiger partial charge is 0.497 e. The molecule has 1 aromatic heterocycles. The van der Waals surface area contributed by atoms with Gasteiger partial charge in [0.1, 0.15) is 11.6 Å². The lowest BCUT2D eigenvalue weighted by molar-refractivity contribution is 0.221. The number of carbonyl (C=O) groups is 1. The fraction of sp³-hybridized carbons (Fsp3) is 0.238. The van der Waals surface area contributed by atoms with Crippen LogP contribution in [-0.4, -0.2) is 41.6 Å². The van der Waals surface area contributed by atoms with Crippen molar-refractivity contribution in [1.29, 1.82) is 0 Å². The first-order valence-electron chi connectivity index (χ1n) is 9.25. The summed E-state index contributed by atoms with van der Waals surface area (Å²) in [5.41, 5.74) is 3.26. The minimum Gasteiger partial charge on any atom is -0.497 e. The Labute approximate surface area is 167 Å². The van der Waals surface area contributed by atoms with E-state index in [1.165, 1.54) is 11.0 Å². The van der Waals surface area contributed by atoms with Crippen molar-refractivity contribution in [2.24, 2.45) is 0 Å². The number of anilines is 1. The topological polar surface area (TPSA) is 90.5 Å². The molecule has 3 N–H and O–H groups in total. The van der Waals surface area contributed by atoms with Gasteiger partial charge in [-0.3, -0.25) is 10.00 Å². The molecule has 0 saturated carbocycles. The number of H-pyrrole nitrogens is 1. The number of aliphatic hydroxyl groups is 1. The number of nitrogens with one attached hydrogen (secondary N) is 2. The molecule has 0 radical (unpaired) electrons. The first-order chi connectivity index (χ1) is 14.1. The number of urea groups is 1. The second kappa shape index (κ2) is 7.92. The summed E-state index contributed by atoms with van der Waals surface area (Å²) in [5, 5.41) is 19.1. The summed E-state index contributed by atoms with van der Waals surface area (Å²) in [6.45, 7) is 0.166. The molecule has 3 aromatic rings. The maximum Gasteiger partial charge on any atom is 0.322 e. The summed E-state index contributed by atoms with van der Waals surface area (Å²) in [6.07, 6.45) is 3.81. The number of halogens is 1. The van der Waals surface area contributed by atoms with E-state index in [1.807, 2.05) is 0 Å². The molecular formula is C21H21FN4O3. The molecule has 0 spiro atoms.